The molecule has 0 aromatic carbocycles. The highest BCUT2D eigenvalue weighted by Crippen LogP contribution is 2.17. The Hall–Kier alpha value is -0.550. The zero-order valence-corrected chi connectivity index (χ0v) is 7.56. The molecular weight excluding hydrogens is 180 g/mol. The van der Waals surface area contributed by atoms with Gasteiger partial charge in [-0.2, -0.15) is 0 Å². The zero-order chi connectivity index (χ0) is 8.97. The predicted octanol–water partition coefficient (Wildman–Crippen LogP) is 0.208. The molecule has 68 valence electrons. The van der Waals surface area contributed by atoms with Crippen LogP contribution >= 0.6 is 11.8 Å². The van der Waals surface area contributed by atoms with E-state index >= 15 is 0 Å². The van der Waals surface area contributed by atoms with E-state index in [1.807, 2.05) is 0 Å². The molecule has 12 heavy (non-hydrogen) atoms. The van der Waals surface area contributed by atoms with Crippen LogP contribution in [0, 0.1) is 0 Å². The van der Waals surface area contributed by atoms with Crippen LogP contribution in [0.4, 0.5) is 0 Å². The molecular formula is C7H10O4S. The maximum atomic E-state index is 10.8. The van der Waals surface area contributed by atoms with E-state index in [0.29, 0.717) is 13.2 Å². The number of ketones is 1. The van der Waals surface area contributed by atoms with E-state index in [0.717, 1.165) is 5.75 Å². The van der Waals surface area contributed by atoms with Gasteiger partial charge in [-0.05, 0) is 0 Å². The molecule has 1 aliphatic heterocycles. The summed E-state index contributed by atoms with van der Waals surface area (Å²) in [6.07, 6.45) is 0. The molecule has 1 heterocycles. The van der Waals surface area contributed by atoms with Gasteiger partial charge in [0.2, 0.25) is 5.78 Å². The molecule has 1 unspecified atom stereocenters. The number of carbonyl (C=O) groups is 2. The van der Waals surface area contributed by atoms with Crippen molar-refractivity contribution in [2.75, 3.05) is 19.0 Å². The first-order valence-electron chi connectivity index (χ1n) is 3.61. The molecule has 0 N–H and O–H groups in total. The third kappa shape index (κ3) is 2.83. The van der Waals surface area contributed by atoms with E-state index in [-0.39, 0.29) is 5.44 Å². The van der Waals surface area contributed by atoms with Crippen molar-refractivity contribution in [1.29, 1.82) is 0 Å². The van der Waals surface area contributed by atoms with Gasteiger partial charge in [-0.3, -0.25) is 4.79 Å². The Morgan fingerprint density at radius 1 is 1.58 bits per heavy atom. The summed E-state index contributed by atoms with van der Waals surface area (Å²) in [5, 5.41) is 0. The summed E-state index contributed by atoms with van der Waals surface area (Å²) < 4.78 is 9.86. The minimum absolute atomic E-state index is 0.310. The van der Waals surface area contributed by atoms with Crippen molar-refractivity contribution in [1.82, 2.24) is 0 Å². The molecule has 5 heteroatoms. The lowest BCUT2D eigenvalue weighted by molar-refractivity contribution is -0.155. The van der Waals surface area contributed by atoms with Crippen LogP contribution in [0.1, 0.15) is 6.92 Å². The normalized spacial score (nSPS) is 23.2. The largest absolute Gasteiger partial charge is 0.443 e. The SMILES string of the molecule is CC(=O)C(=O)OC1COCCS1. The average Bonchev–Trinajstić information content (AvgIpc) is 2.06. The van der Waals surface area contributed by atoms with Crippen molar-refractivity contribution in [3.05, 3.63) is 0 Å². The van der Waals surface area contributed by atoms with Crippen molar-refractivity contribution in [2.45, 2.75) is 12.4 Å². The van der Waals surface area contributed by atoms with Crippen molar-refractivity contribution >= 4 is 23.5 Å². The Kier molecular flexibility index (Phi) is 3.55. The summed E-state index contributed by atoms with van der Waals surface area (Å²) in [4.78, 5) is 21.3. The number of Topliss-reactive ketones (excluding diaryl/α,β-unsaturated/α-hetero) is 1. The predicted molar refractivity (Wildman–Crippen MR) is 43.8 cm³/mol. The van der Waals surface area contributed by atoms with Gasteiger partial charge in [0.15, 0.2) is 5.44 Å². The van der Waals surface area contributed by atoms with E-state index < -0.39 is 11.8 Å². The highest BCUT2D eigenvalue weighted by Gasteiger charge is 2.20. The second-order valence-electron chi connectivity index (χ2n) is 2.34. The van der Waals surface area contributed by atoms with Gasteiger partial charge in [-0.1, -0.05) is 0 Å². The molecule has 1 saturated heterocycles. The Morgan fingerprint density at radius 3 is 2.83 bits per heavy atom. The first kappa shape index (κ1) is 9.54. The van der Waals surface area contributed by atoms with Gasteiger partial charge in [-0.15, -0.1) is 11.8 Å². The number of carbonyl (C=O) groups excluding carboxylic acids is 2. The highest BCUT2D eigenvalue weighted by molar-refractivity contribution is 7.99. The first-order valence-corrected chi connectivity index (χ1v) is 4.66. The third-order valence-electron chi connectivity index (χ3n) is 1.31. The summed E-state index contributed by atoms with van der Waals surface area (Å²) in [5.74, 6) is -0.547. The van der Waals surface area contributed by atoms with Crippen LogP contribution in [0.15, 0.2) is 0 Å². The topological polar surface area (TPSA) is 52.6 Å². The Morgan fingerprint density at radius 2 is 2.33 bits per heavy atom. The Bertz CT molecular complexity index is 186. The monoisotopic (exact) mass is 190 g/mol. The van der Waals surface area contributed by atoms with Gasteiger partial charge in [0.05, 0.1) is 13.2 Å². The van der Waals surface area contributed by atoms with Gasteiger partial charge in [-0.25, -0.2) is 4.79 Å². The fraction of sp³-hybridized carbons (Fsp3) is 0.714. The minimum atomic E-state index is -0.780. The van der Waals surface area contributed by atoms with Crippen molar-refractivity contribution in [2.24, 2.45) is 0 Å². The molecule has 1 fully saturated rings. The summed E-state index contributed by atoms with van der Waals surface area (Å²) in [5.41, 5.74) is -0.310. The molecule has 0 amide bonds. The number of rotatable bonds is 2. The minimum Gasteiger partial charge on any atom is -0.443 e. The molecule has 0 radical (unpaired) electrons. The van der Waals surface area contributed by atoms with E-state index in [4.69, 9.17) is 9.47 Å². The fourth-order valence-electron chi connectivity index (χ4n) is 0.737. The maximum Gasteiger partial charge on any atom is 0.375 e. The van der Waals surface area contributed by atoms with E-state index in [1.54, 1.807) is 0 Å². The van der Waals surface area contributed by atoms with E-state index in [1.165, 1.54) is 18.7 Å². The number of ether oxygens (including phenoxy) is 2. The maximum absolute atomic E-state index is 10.8. The lowest BCUT2D eigenvalue weighted by Crippen LogP contribution is -2.28. The second-order valence-corrected chi connectivity index (χ2v) is 3.60. The van der Waals surface area contributed by atoms with Gasteiger partial charge in [0.1, 0.15) is 0 Å². The van der Waals surface area contributed by atoms with Gasteiger partial charge < -0.3 is 9.47 Å². The molecule has 4 nitrogen and oxygen atoms in total. The molecule has 1 aliphatic rings. The van der Waals surface area contributed by atoms with Crippen LogP contribution in [0.5, 0.6) is 0 Å². The lowest BCUT2D eigenvalue weighted by Gasteiger charge is -2.20. The van der Waals surface area contributed by atoms with E-state index in [2.05, 4.69) is 0 Å². The van der Waals surface area contributed by atoms with Gasteiger partial charge in [0.25, 0.3) is 0 Å². The fourth-order valence-corrected chi connectivity index (χ4v) is 1.56. The zero-order valence-electron chi connectivity index (χ0n) is 6.74. The van der Waals surface area contributed by atoms with Crippen LogP contribution < -0.4 is 0 Å². The molecule has 0 bridgehead atoms. The molecule has 0 aromatic heterocycles. The van der Waals surface area contributed by atoms with Crippen LogP contribution in [-0.4, -0.2) is 36.2 Å². The molecule has 0 aliphatic carbocycles. The summed E-state index contributed by atoms with van der Waals surface area (Å²) >= 11 is 1.49. The van der Waals surface area contributed by atoms with Crippen LogP contribution in [0.2, 0.25) is 0 Å². The smallest absolute Gasteiger partial charge is 0.375 e. The molecule has 0 spiro atoms. The molecule has 0 aromatic rings. The second kappa shape index (κ2) is 4.47. The number of hydrogen-bond acceptors (Lipinski definition) is 5. The standard InChI is InChI=1S/C7H10O4S/c1-5(8)7(9)11-6-4-10-2-3-12-6/h6H,2-4H2,1H3. The molecule has 1 rings (SSSR count). The average molecular weight is 190 g/mol. The van der Waals surface area contributed by atoms with Gasteiger partial charge >= 0.3 is 5.97 Å². The summed E-state index contributed by atoms with van der Waals surface area (Å²) in [6, 6.07) is 0. The number of hydrogen-bond donors (Lipinski definition) is 0. The van der Waals surface area contributed by atoms with Gasteiger partial charge in [0, 0.05) is 12.7 Å². The Balaban J connectivity index is 2.29. The number of esters is 1. The lowest BCUT2D eigenvalue weighted by atomic mass is 10.5. The summed E-state index contributed by atoms with van der Waals surface area (Å²) in [6.45, 7) is 2.25. The Labute approximate surface area is 74.6 Å². The van der Waals surface area contributed by atoms with Crippen LogP contribution in [0.25, 0.3) is 0 Å². The first-order chi connectivity index (χ1) is 5.70. The van der Waals surface area contributed by atoms with Crippen molar-refractivity contribution in [3.8, 4) is 0 Å². The van der Waals surface area contributed by atoms with Crippen LogP contribution in [-0.2, 0) is 19.1 Å². The quantitative estimate of drug-likeness (QED) is 0.460. The van der Waals surface area contributed by atoms with Crippen molar-refractivity contribution in [3.63, 3.8) is 0 Å². The van der Waals surface area contributed by atoms with Crippen molar-refractivity contribution < 1.29 is 19.1 Å². The molecule has 1 atom stereocenters. The highest BCUT2D eigenvalue weighted by atomic mass is 32.2. The summed E-state index contributed by atoms with van der Waals surface area (Å²) in [7, 11) is 0. The number of thioether (sulfide) groups is 1. The third-order valence-corrected chi connectivity index (χ3v) is 2.32. The molecule has 0 saturated carbocycles. The van der Waals surface area contributed by atoms with E-state index in [9.17, 15) is 9.59 Å². The van der Waals surface area contributed by atoms with Crippen LogP contribution in [0.3, 0.4) is 0 Å².